The molecule has 0 bridgehead atoms. The highest BCUT2D eigenvalue weighted by atomic mass is 32.2. The molecule has 2 aliphatic rings. The van der Waals surface area contributed by atoms with Gasteiger partial charge in [0.15, 0.2) is 0 Å². The second-order valence-electron chi connectivity index (χ2n) is 6.93. The van der Waals surface area contributed by atoms with Gasteiger partial charge in [0.2, 0.25) is 0 Å². The summed E-state index contributed by atoms with van der Waals surface area (Å²) in [6.07, 6.45) is 3.47. The number of hydrogen-bond acceptors (Lipinski definition) is 6. The van der Waals surface area contributed by atoms with Gasteiger partial charge in [-0.15, -0.1) is 11.3 Å². The summed E-state index contributed by atoms with van der Waals surface area (Å²) in [5.41, 5.74) is 1.43. The van der Waals surface area contributed by atoms with Crippen LogP contribution in [0.3, 0.4) is 0 Å². The van der Waals surface area contributed by atoms with Crippen molar-refractivity contribution in [2.75, 3.05) is 26.3 Å². The molecule has 1 aliphatic heterocycles. The largest absolute Gasteiger partial charge is 0.379 e. The normalized spacial score (nSPS) is 17.5. The van der Waals surface area contributed by atoms with Crippen LogP contribution in [0.4, 0.5) is 4.39 Å². The van der Waals surface area contributed by atoms with Crippen LogP contribution in [0, 0.1) is 5.82 Å². The molecule has 1 aromatic carbocycles. The number of ether oxygens (including phenoxy) is 1. The van der Waals surface area contributed by atoms with E-state index in [1.165, 1.54) is 34.4 Å². The molecular weight excluding hydrogens is 381 g/mol. The minimum absolute atomic E-state index is 0.211. The number of rotatable bonds is 4. The summed E-state index contributed by atoms with van der Waals surface area (Å²) in [6.45, 7) is 4.13. The third kappa shape index (κ3) is 3.61. The SMILES string of the molecule is Fc1ccc(Sc2nc(CN3CCOCC3)nc3sc4c(c23)CCC4)cc1. The number of nitrogens with zero attached hydrogens (tertiary/aromatic N) is 3. The lowest BCUT2D eigenvalue weighted by Gasteiger charge is -2.25. The van der Waals surface area contributed by atoms with Crippen LogP contribution in [-0.2, 0) is 24.1 Å². The standard InChI is InChI=1S/C20H20FN3OS2/c21-13-4-6-14(7-5-13)26-19-18-15-2-1-3-16(15)27-20(18)23-17(22-19)12-24-8-10-25-11-9-24/h4-7H,1-3,8-12H2. The minimum atomic E-state index is -0.211. The molecule has 7 heteroatoms. The van der Waals surface area contributed by atoms with Gasteiger partial charge in [-0.1, -0.05) is 11.8 Å². The molecule has 1 aliphatic carbocycles. The summed E-state index contributed by atoms with van der Waals surface area (Å²) < 4.78 is 18.7. The molecule has 3 heterocycles. The van der Waals surface area contributed by atoms with Gasteiger partial charge < -0.3 is 4.74 Å². The first-order valence-electron chi connectivity index (χ1n) is 9.31. The molecule has 3 aromatic rings. The van der Waals surface area contributed by atoms with Gasteiger partial charge in [0.05, 0.1) is 19.8 Å². The van der Waals surface area contributed by atoms with Crippen molar-refractivity contribution in [3.8, 4) is 0 Å². The molecule has 0 radical (unpaired) electrons. The minimum Gasteiger partial charge on any atom is -0.379 e. The molecule has 0 N–H and O–H groups in total. The van der Waals surface area contributed by atoms with E-state index in [1.54, 1.807) is 11.8 Å². The second kappa shape index (κ2) is 7.47. The lowest BCUT2D eigenvalue weighted by atomic mass is 10.2. The molecule has 2 aromatic heterocycles. The van der Waals surface area contributed by atoms with E-state index in [-0.39, 0.29) is 5.82 Å². The lowest BCUT2D eigenvalue weighted by molar-refractivity contribution is 0.0330. The average molecular weight is 402 g/mol. The molecule has 0 spiro atoms. The quantitative estimate of drug-likeness (QED) is 0.610. The van der Waals surface area contributed by atoms with E-state index >= 15 is 0 Å². The van der Waals surface area contributed by atoms with Gasteiger partial charge in [-0.25, -0.2) is 14.4 Å². The molecule has 27 heavy (non-hydrogen) atoms. The van der Waals surface area contributed by atoms with Crippen LogP contribution in [-0.4, -0.2) is 41.2 Å². The number of benzene rings is 1. The van der Waals surface area contributed by atoms with E-state index in [4.69, 9.17) is 14.7 Å². The van der Waals surface area contributed by atoms with Crippen LogP contribution in [0.15, 0.2) is 34.2 Å². The molecule has 0 atom stereocenters. The van der Waals surface area contributed by atoms with Gasteiger partial charge in [-0.05, 0) is 49.1 Å². The molecule has 140 valence electrons. The number of morpholine rings is 1. The van der Waals surface area contributed by atoms with Crippen molar-refractivity contribution in [3.05, 3.63) is 46.3 Å². The number of aromatic nitrogens is 2. The van der Waals surface area contributed by atoms with Crippen molar-refractivity contribution in [1.82, 2.24) is 14.9 Å². The Balaban J connectivity index is 1.54. The van der Waals surface area contributed by atoms with Gasteiger partial charge >= 0.3 is 0 Å². The molecule has 0 amide bonds. The Morgan fingerprint density at radius 2 is 1.93 bits per heavy atom. The highest BCUT2D eigenvalue weighted by Crippen LogP contribution is 2.42. The highest BCUT2D eigenvalue weighted by Gasteiger charge is 2.23. The topological polar surface area (TPSA) is 38.2 Å². The van der Waals surface area contributed by atoms with E-state index in [0.29, 0.717) is 0 Å². The summed E-state index contributed by atoms with van der Waals surface area (Å²) in [6, 6.07) is 6.66. The molecule has 5 rings (SSSR count). The Labute approximate surface area is 165 Å². The predicted molar refractivity (Wildman–Crippen MR) is 106 cm³/mol. The Bertz CT molecular complexity index is 968. The van der Waals surface area contributed by atoms with Gasteiger partial charge in [0.1, 0.15) is 21.5 Å². The van der Waals surface area contributed by atoms with E-state index in [1.807, 2.05) is 23.5 Å². The molecule has 0 saturated carbocycles. The summed E-state index contributed by atoms with van der Waals surface area (Å²) in [4.78, 5) is 15.8. The van der Waals surface area contributed by atoms with Crippen molar-refractivity contribution in [1.29, 1.82) is 0 Å². The van der Waals surface area contributed by atoms with Gasteiger partial charge in [-0.2, -0.15) is 0 Å². The summed E-state index contributed by atoms with van der Waals surface area (Å²) in [7, 11) is 0. The van der Waals surface area contributed by atoms with Crippen LogP contribution in [0.2, 0.25) is 0 Å². The van der Waals surface area contributed by atoms with Crippen LogP contribution < -0.4 is 0 Å². The van der Waals surface area contributed by atoms with E-state index < -0.39 is 0 Å². The van der Waals surface area contributed by atoms with Gasteiger partial charge in [-0.3, -0.25) is 4.90 Å². The average Bonchev–Trinajstić information content (AvgIpc) is 3.25. The summed E-state index contributed by atoms with van der Waals surface area (Å²) in [5.74, 6) is 0.658. The maximum atomic E-state index is 13.3. The monoisotopic (exact) mass is 401 g/mol. The highest BCUT2D eigenvalue weighted by molar-refractivity contribution is 7.99. The first-order chi connectivity index (χ1) is 13.3. The van der Waals surface area contributed by atoms with Crippen LogP contribution >= 0.6 is 23.1 Å². The van der Waals surface area contributed by atoms with Gasteiger partial charge in [0.25, 0.3) is 0 Å². The zero-order valence-electron chi connectivity index (χ0n) is 14.9. The molecule has 0 unspecified atom stereocenters. The lowest BCUT2D eigenvalue weighted by Crippen LogP contribution is -2.36. The maximum Gasteiger partial charge on any atom is 0.145 e. The molecule has 1 fully saturated rings. The first-order valence-corrected chi connectivity index (χ1v) is 10.9. The Morgan fingerprint density at radius 1 is 1.11 bits per heavy atom. The second-order valence-corrected chi connectivity index (χ2v) is 9.07. The molecule has 1 saturated heterocycles. The first kappa shape index (κ1) is 17.6. The maximum absolute atomic E-state index is 13.3. The smallest absolute Gasteiger partial charge is 0.145 e. The van der Waals surface area contributed by atoms with Crippen LogP contribution in [0.25, 0.3) is 10.2 Å². The van der Waals surface area contributed by atoms with Crippen molar-refractivity contribution < 1.29 is 9.13 Å². The third-order valence-corrected chi connectivity index (χ3v) is 7.26. The number of hydrogen-bond donors (Lipinski definition) is 0. The van der Waals surface area contributed by atoms with Crippen LogP contribution in [0.5, 0.6) is 0 Å². The van der Waals surface area contributed by atoms with Crippen molar-refractivity contribution in [2.24, 2.45) is 0 Å². The molecular formula is C20H20FN3OS2. The van der Waals surface area contributed by atoms with Crippen molar-refractivity contribution in [3.63, 3.8) is 0 Å². The number of fused-ring (bicyclic) bond motifs is 3. The van der Waals surface area contributed by atoms with Gasteiger partial charge in [0, 0.05) is 28.2 Å². The Kier molecular flexibility index (Phi) is 4.85. The molecule has 4 nitrogen and oxygen atoms in total. The predicted octanol–water partition coefficient (Wildman–Crippen LogP) is 4.30. The fourth-order valence-electron chi connectivity index (χ4n) is 3.72. The number of aryl methyl sites for hydroxylation is 2. The van der Waals surface area contributed by atoms with E-state index in [0.717, 1.165) is 66.3 Å². The Morgan fingerprint density at radius 3 is 2.74 bits per heavy atom. The van der Waals surface area contributed by atoms with E-state index in [9.17, 15) is 4.39 Å². The fraction of sp³-hybridized carbons (Fsp3) is 0.400. The summed E-state index contributed by atoms with van der Waals surface area (Å²) in [5, 5.41) is 2.22. The third-order valence-electron chi connectivity index (χ3n) is 5.07. The van der Waals surface area contributed by atoms with Crippen molar-refractivity contribution in [2.45, 2.75) is 35.7 Å². The van der Waals surface area contributed by atoms with Crippen molar-refractivity contribution >= 4 is 33.3 Å². The van der Waals surface area contributed by atoms with E-state index in [2.05, 4.69) is 4.90 Å². The zero-order chi connectivity index (χ0) is 18.2. The van der Waals surface area contributed by atoms with Crippen LogP contribution in [0.1, 0.15) is 22.7 Å². The zero-order valence-corrected chi connectivity index (χ0v) is 16.5. The Hall–Kier alpha value is -1.54. The number of halogens is 1. The fourth-order valence-corrected chi connectivity index (χ4v) is 6.04. The summed E-state index contributed by atoms with van der Waals surface area (Å²) >= 11 is 3.44. The number of thiophene rings is 1.